The number of imidazole rings is 1. The summed E-state index contributed by atoms with van der Waals surface area (Å²) in [7, 11) is -3.01. The number of aryl methyl sites for hydroxylation is 1. The summed E-state index contributed by atoms with van der Waals surface area (Å²) in [5, 5.41) is -0.411. The van der Waals surface area contributed by atoms with Crippen LogP contribution in [0.5, 0.6) is 0 Å². The number of hydrogen-bond acceptors (Lipinski definition) is 3. The van der Waals surface area contributed by atoms with Gasteiger partial charge in [0.25, 0.3) is 0 Å². The second-order valence-corrected chi connectivity index (χ2v) is 7.29. The summed E-state index contributed by atoms with van der Waals surface area (Å²) in [6.45, 7) is 2.01. The van der Waals surface area contributed by atoms with Crippen LogP contribution in [0.4, 0.5) is 0 Å². The van der Waals surface area contributed by atoms with Gasteiger partial charge in [0.15, 0.2) is 9.84 Å². The van der Waals surface area contributed by atoms with Crippen molar-refractivity contribution < 1.29 is 8.42 Å². The highest BCUT2D eigenvalue weighted by Crippen LogP contribution is 2.32. The maximum absolute atomic E-state index is 12.1. The van der Waals surface area contributed by atoms with Crippen LogP contribution in [0, 0.1) is 6.92 Å². The van der Waals surface area contributed by atoms with Crippen molar-refractivity contribution in [1.29, 1.82) is 0 Å². The molecule has 4 nitrogen and oxygen atoms in total. The fourth-order valence-electron chi connectivity index (χ4n) is 2.55. The molecule has 1 atom stereocenters. The molecule has 0 amide bonds. The minimum absolute atomic E-state index is 0.296. The van der Waals surface area contributed by atoms with Crippen molar-refractivity contribution in [3.63, 3.8) is 0 Å². The average Bonchev–Trinajstić information content (AvgIpc) is 2.70. The summed E-state index contributed by atoms with van der Waals surface area (Å²) in [5.74, 6) is 0.296. The molecular weight excluding hydrogens is 248 g/mol. The van der Waals surface area contributed by atoms with Gasteiger partial charge in [0.2, 0.25) is 0 Å². The Morgan fingerprint density at radius 2 is 2.22 bits per heavy atom. The third-order valence-corrected chi connectivity index (χ3v) is 5.74. The van der Waals surface area contributed by atoms with E-state index >= 15 is 0 Å². The number of sulfone groups is 1. The zero-order valence-corrected chi connectivity index (χ0v) is 11.2. The van der Waals surface area contributed by atoms with E-state index in [1.807, 2.05) is 35.9 Å². The van der Waals surface area contributed by atoms with Gasteiger partial charge in [0.1, 0.15) is 10.9 Å². The van der Waals surface area contributed by atoms with E-state index in [-0.39, 0.29) is 0 Å². The van der Waals surface area contributed by atoms with Gasteiger partial charge in [-0.25, -0.2) is 13.4 Å². The van der Waals surface area contributed by atoms with Gasteiger partial charge in [0, 0.05) is 12.4 Å². The molecule has 2 aromatic heterocycles. The first-order valence-electron chi connectivity index (χ1n) is 6.23. The van der Waals surface area contributed by atoms with Crippen molar-refractivity contribution in [2.24, 2.45) is 0 Å². The number of fused-ring (bicyclic) bond motifs is 1. The zero-order chi connectivity index (χ0) is 12.8. The number of nitrogens with zero attached hydrogens (tertiary/aromatic N) is 2. The van der Waals surface area contributed by atoms with Gasteiger partial charge in [-0.05, 0) is 37.5 Å². The number of aromatic nitrogens is 2. The summed E-state index contributed by atoms with van der Waals surface area (Å²) < 4.78 is 26.0. The second-order valence-electron chi connectivity index (χ2n) is 4.99. The maximum atomic E-state index is 12.1. The topological polar surface area (TPSA) is 51.4 Å². The first-order valence-corrected chi connectivity index (χ1v) is 7.95. The van der Waals surface area contributed by atoms with Crippen LogP contribution in [-0.2, 0) is 9.84 Å². The van der Waals surface area contributed by atoms with Crippen LogP contribution in [0.3, 0.4) is 0 Å². The van der Waals surface area contributed by atoms with Gasteiger partial charge < -0.3 is 4.40 Å². The molecule has 96 valence electrons. The van der Waals surface area contributed by atoms with Crippen molar-refractivity contribution in [2.75, 3.05) is 5.75 Å². The third kappa shape index (κ3) is 1.92. The molecule has 1 aliphatic heterocycles. The fourth-order valence-corrected chi connectivity index (χ4v) is 4.44. The Labute approximate surface area is 107 Å². The molecule has 3 rings (SSSR count). The molecule has 3 heterocycles. The second kappa shape index (κ2) is 4.09. The highest BCUT2D eigenvalue weighted by molar-refractivity contribution is 7.91. The molecule has 18 heavy (non-hydrogen) atoms. The molecule has 5 heteroatoms. The molecule has 1 saturated heterocycles. The summed E-state index contributed by atoms with van der Waals surface area (Å²) in [4.78, 5) is 4.48. The van der Waals surface area contributed by atoms with Gasteiger partial charge in [-0.2, -0.15) is 0 Å². The van der Waals surface area contributed by atoms with Crippen LogP contribution in [0.15, 0.2) is 24.5 Å². The standard InChI is InChI=1S/C13H16N2O2S/c1-10-5-6-15-9-11(14-13(15)8-10)12-4-2-3-7-18(12,16)17/h5-6,8-9,12H,2-4,7H2,1H3. The zero-order valence-electron chi connectivity index (χ0n) is 10.3. The Hall–Kier alpha value is -1.36. The Morgan fingerprint density at radius 3 is 3.00 bits per heavy atom. The quantitative estimate of drug-likeness (QED) is 0.794. The van der Waals surface area contributed by atoms with Crippen molar-refractivity contribution in [2.45, 2.75) is 31.4 Å². The maximum Gasteiger partial charge on any atom is 0.158 e. The number of hydrogen-bond donors (Lipinski definition) is 0. The Morgan fingerprint density at radius 1 is 1.39 bits per heavy atom. The largest absolute Gasteiger partial charge is 0.307 e. The molecule has 1 aliphatic rings. The van der Waals surface area contributed by atoms with E-state index in [4.69, 9.17) is 0 Å². The molecule has 1 fully saturated rings. The van der Waals surface area contributed by atoms with Crippen molar-refractivity contribution in [1.82, 2.24) is 9.38 Å². The molecule has 0 aliphatic carbocycles. The highest BCUT2D eigenvalue weighted by Gasteiger charge is 2.32. The molecule has 2 aromatic rings. The van der Waals surface area contributed by atoms with Crippen molar-refractivity contribution in [3.8, 4) is 0 Å². The Kier molecular flexibility index (Phi) is 2.66. The molecule has 0 spiro atoms. The van der Waals surface area contributed by atoms with Gasteiger partial charge in [-0.3, -0.25) is 0 Å². The van der Waals surface area contributed by atoms with E-state index < -0.39 is 15.1 Å². The lowest BCUT2D eigenvalue weighted by molar-refractivity contribution is 0.543. The SMILES string of the molecule is Cc1ccn2cc(C3CCCCS3(=O)=O)nc2c1. The van der Waals surface area contributed by atoms with Crippen molar-refractivity contribution in [3.05, 3.63) is 35.8 Å². The molecule has 0 saturated carbocycles. The molecule has 0 aromatic carbocycles. The summed E-state index contributed by atoms with van der Waals surface area (Å²) in [5.41, 5.74) is 2.65. The van der Waals surface area contributed by atoms with Gasteiger partial charge in [0.05, 0.1) is 11.4 Å². The van der Waals surface area contributed by atoms with Crippen LogP contribution in [-0.4, -0.2) is 23.6 Å². The van der Waals surface area contributed by atoms with Crippen molar-refractivity contribution >= 4 is 15.5 Å². The number of pyridine rings is 1. The smallest absolute Gasteiger partial charge is 0.158 e. The van der Waals surface area contributed by atoms with E-state index in [9.17, 15) is 8.42 Å². The lowest BCUT2D eigenvalue weighted by Crippen LogP contribution is -2.21. The molecule has 0 bridgehead atoms. The first kappa shape index (κ1) is 11.7. The third-order valence-electron chi connectivity index (χ3n) is 3.54. The molecule has 0 N–H and O–H groups in total. The van der Waals surface area contributed by atoms with Crippen LogP contribution >= 0.6 is 0 Å². The van der Waals surface area contributed by atoms with Gasteiger partial charge >= 0.3 is 0 Å². The first-order chi connectivity index (χ1) is 8.56. The van der Waals surface area contributed by atoms with E-state index in [1.165, 1.54) is 0 Å². The molecule has 0 radical (unpaired) electrons. The minimum atomic E-state index is -3.01. The van der Waals surface area contributed by atoms with Crippen LogP contribution < -0.4 is 0 Å². The van der Waals surface area contributed by atoms with Crippen LogP contribution in [0.2, 0.25) is 0 Å². The molecular formula is C13H16N2O2S. The Bertz CT molecular complexity index is 688. The lowest BCUT2D eigenvalue weighted by atomic mass is 10.1. The predicted molar refractivity (Wildman–Crippen MR) is 70.3 cm³/mol. The highest BCUT2D eigenvalue weighted by atomic mass is 32.2. The summed E-state index contributed by atoms with van der Waals surface area (Å²) >= 11 is 0. The Balaban J connectivity index is 2.08. The summed E-state index contributed by atoms with van der Waals surface area (Å²) in [6.07, 6.45) is 6.23. The van der Waals surface area contributed by atoms with E-state index in [2.05, 4.69) is 4.98 Å². The van der Waals surface area contributed by atoms with Crippen LogP contribution in [0.25, 0.3) is 5.65 Å². The van der Waals surface area contributed by atoms with Crippen LogP contribution in [0.1, 0.15) is 35.8 Å². The van der Waals surface area contributed by atoms with E-state index in [0.29, 0.717) is 17.9 Å². The van der Waals surface area contributed by atoms with Gasteiger partial charge in [-0.15, -0.1) is 0 Å². The lowest BCUT2D eigenvalue weighted by Gasteiger charge is -2.20. The monoisotopic (exact) mass is 264 g/mol. The average molecular weight is 264 g/mol. The van der Waals surface area contributed by atoms with E-state index in [1.54, 1.807) is 0 Å². The van der Waals surface area contributed by atoms with E-state index in [0.717, 1.165) is 24.1 Å². The molecule has 1 unspecified atom stereocenters. The van der Waals surface area contributed by atoms with Gasteiger partial charge in [-0.1, -0.05) is 6.42 Å². The normalized spacial score (nSPS) is 23.3. The minimum Gasteiger partial charge on any atom is -0.307 e. The fraction of sp³-hybridized carbons (Fsp3) is 0.462. The number of rotatable bonds is 1. The summed E-state index contributed by atoms with van der Waals surface area (Å²) in [6, 6.07) is 3.97. The predicted octanol–water partition coefficient (Wildman–Crippen LogP) is 2.28.